The summed E-state index contributed by atoms with van der Waals surface area (Å²) in [5, 5.41) is 9.00. The van der Waals surface area contributed by atoms with Crippen molar-refractivity contribution in [3.8, 4) is 6.07 Å². The average molecular weight is 349 g/mol. The first kappa shape index (κ1) is 15.5. The zero-order chi connectivity index (χ0) is 18.3. The van der Waals surface area contributed by atoms with Crippen LogP contribution in [0.25, 0.3) is 0 Å². The topological polar surface area (TPSA) is 77.2 Å². The Morgan fingerprint density at radius 2 is 1.85 bits per heavy atom. The van der Waals surface area contributed by atoms with Gasteiger partial charge in [0.15, 0.2) is 0 Å². The van der Waals surface area contributed by atoms with Gasteiger partial charge in [-0.1, -0.05) is 42.5 Å². The standard InChI is InChI=1S/C22H15N5/c23-11-16-8-6-15(7-9-16)10-19-20(27-14-26-19)22(17-4-2-1-3-5-17)18-12-24-21(22)25-13-18/h1-9,12-14H,10H2,(H,26,27). The summed E-state index contributed by atoms with van der Waals surface area (Å²) in [7, 11) is 0. The van der Waals surface area contributed by atoms with Crippen LogP contribution in [0.2, 0.25) is 0 Å². The molecule has 1 unspecified atom stereocenters. The number of rotatable bonds is 4. The van der Waals surface area contributed by atoms with Crippen molar-refractivity contribution in [3.63, 3.8) is 0 Å². The second kappa shape index (κ2) is 5.89. The molecule has 0 fully saturated rings. The Kier molecular flexibility index (Phi) is 3.37. The largest absolute Gasteiger partial charge is 0.348 e. The maximum atomic E-state index is 9.00. The van der Waals surface area contributed by atoms with E-state index in [1.54, 1.807) is 6.33 Å². The van der Waals surface area contributed by atoms with Gasteiger partial charge in [0.1, 0.15) is 11.3 Å². The van der Waals surface area contributed by atoms with Gasteiger partial charge < -0.3 is 4.98 Å². The molecule has 3 heterocycles. The molecule has 0 amide bonds. The number of imidazole rings is 1. The molecule has 27 heavy (non-hydrogen) atoms. The van der Waals surface area contributed by atoms with E-state index in [4.69, 9.17) is 10.2 Å². The molecular formula is C22H15N5. The van der Waals surface area contributed by atoms with Crippen molar-refractivity contribution in [2.45, 2.75) is 11.8 Å². The van der Waals surface area contributed by atoms with Gasteiger partial charge in [-0.3, -0.25) is 0 Å². The Balaban J connectivity index is 1.62. The normalized spacial score (nSPS) is 19.7. The third-order valence-electron chi connectivity index (χ3n) is 5.16. The van der Waals surface area contributed by atoms with Crippen molar-refractivity contribution in [3.05, 3.63) is 101 Å². The van der Waals surface area contributed by atoms with Gasteiger partial charge in [-0.05, 0) is 23.3 Å². The molecule has 1 N–H and O–H groups in total. The highest BCUT2D eigenvalue weighted by molar-refractivity contribution is 6.18. The fraction of sp³-hybridized carbons (Fsp3) is 0.0909. The first-order chi connectivity index (χ1) is 13.3. The molecule has 3 aromatic rings. The number of benzene rings is 2. The van der Waals surface area contributed by atoms with Crippen LogP contribution in [-0.4, -0.2) is 22.0 Å². The van der Waals surface area contributed by atoms with E-state index < -0.39 is 5.41 Å². The van der Waals surface area contributed by atoms with E-state index in [-0.39, 0.29) is 0 Å². The molecule has 2 bridgehead atoms. The van der Waals surface area contributed by atoms with E-state index in [0.717, 1.165) is 33.9 Å². The van der Waals surface area contributed by atoms with Crippen LogP contribution < -0.4 is 0 Å². The van der Waals surface area contributed by atoms with Gasteiger partial charge in [-0.2, -0.15) is 5.26 Å². The Morgan fingerprint density at radius 1 is 1.04 bits per heavy atom. The first-order valence-corrected chi connectivity index (χ1v) is 8.72. The predicted octanol–water partition coefficient (Wildman–Crippen LogP) is 3.54. The molecule has 128 valence electrons. The number of nitrogens with zero attached hydrogens (tertiary/aromatic N) is 4. The van der Waals surface area contributed by atoms with Gasteiger partial charge in [0, 0.05) is 30.1 Å². The lowest BCUT2D eigenvalue weighted by Gasteiger charge is -2.27. The second-order valence-corrected chi connectivity index (χ2v) is 6.63. The molecule has 0 saturated carbocycles. The zero-order valence-corrected chi connectivity index (χ0v) is 14.4. The third kappa shape index (κ3) is 2.20. The molecule has 0 saturated heterocycles. The highest BCUT2D eigenvalue weighted by atomic mass is 15.0. The number of hydrogen-bond donors (Lipinski definition) is 1. The van der Waals surface area contributed by atoms with Crippen molar-refractivity contribution < 1.29 is 0 Å². The lowest BCUT2D eigenvalue weighted by atomic mass is 9.72. The number of H-pyrrole nitrogens is 1. The van der Waals surface area contributed by atoms with E-state index >= 15 is 0 Å². The van der Waals surface area contributed by atoms with Crippen molar-refractivity contribution >= 4 is 12.1 Å². The van der Waals surface area contributed by atoms with E-state index in [9.17, 15) is 0 Å². The minimum atomic E-state index is -0.552. The lowest BCUT2D eigenvalue weighted by molar-refractivity contribution is 0.811. The number of fused-ring (bicyclic) bond motifs is 2. The van der Waals surface area contributed by atoms with Crippen molar-refractivity contribution in [2.24, 2.45) is 9.98 Å². The van der Waals surface area contributed by atoms with Crippen LogP contribution in [0.5, 0.6) is 0 Å². The maximum absolute atomic E-state index is 9.00. The Labute approximate surface area is 156 Å². The molecule has 5 nitrogen and oxygen atoms in total. The van der Waals surface area contributed by atoms with E-state index in [2.05, 4.69) is 33.2 Å². The van der Waals surface area contributed by atoms with E-state index in [1.165, 1.54) is 0 Å². The van der Waals surface area contributed by atoms with Crippen LogP contribution in [-0.2, 0) is 11.8 Å². The predicted molar refractivity (Wildman–Crippen MR) is 104 cm³/mol. The molecule has 1 aromatic heterocycles. The number of aromatic amines is 1. The number of nitrogens with one attached hydrogen (secondary N) is 1. The first-order valence-electron chi connectivity index (χ1n) is 8.72. The van der Waals surface area contributed by atoms with Gasteiger partial charge in [0.25, 0.3) is 0 Å². The van der Waals surface area contributed by atoms with Crippen molar-refractivity contribution in [1.82, 2.24) is 9.97 Å². The second-order valence-electron chi connectivity index (χ2n) is 6.63. The molecule has 5 heteroatoms. The molecule has 0 aliphatic carbocycles. The van der Waals surface area contributed by atoms with Gasteiger partial charge >= 0.3 is 0 Å². The molecule has 1 atom stereocenters. The van der Waals surface area contributed by atoms with Gasteiger partial charge in [0.05, 0.1) is 23.7 Å². The molecule has 0 spiro atoms. The summed E-state index contributed by atoms with van der Waals surface area (Å²) in [5.74, 6) is 0.761. The van der Waals surface area contributed by atoms with Crippen LogP contribution in [0.4, 0.5) is 0 Å². The summed E-state index contributed by atoms with van der Waals surface area (Å²) in [4.78, 5) is 17.1. The molecule has 2 aromatic carbocycles. The van der Waals surface area contributed by atoms with Gasteiger partial charge in [-0.25, -0.2) is 15.0 Å². The minimum Gasteiger partial charge on any atom is -0.348 e. The van der Waals surface area contributed by atoms with Crippen molar-refractivity contribution in [1.29, 1.82) is 5.26 Å². The SMILES string of the molecule is N#Cc1ccc(Cc2[nH]cnc2C2(c3ccccc3)C3=CN=C2N=C3)cc1. The zero-order valence-electron chi connectivity index (χ0n) is 14.4. The summed E-state index contributed by atoms with van der Waals surface area (Å²) in [6.07, 6.45) is 6.19. The van der Waals surface area contributed by atoms with Crippen molar-refractivity contribution in [2.75, 3.05) is 0 Å². The van der Waals surface area contributed by atoms with Crippen LogP contribution in [0.15, 0.2) is 82.7 Å². The molecule has 2 aliphatic heterocycles. The minimum absolute atomic E-state index is 0.552. The van der Waals surface area contributed by atoms with Crippen LogP contribution in [0.1, 0.15) is 28.1 Å². The maximum Gasteiger partial charge on any atom is 0.149 e. The molecule has 0 radical (unpaired) electrons. The summed E-state index contributed by atoms with van der Waals surface area (Å²) in [6, 6.07) is 20.1. The van der Waals surface area contributed by atoms with Gasteiger partial charge in [-0.15, -0.1) is 0 Å². The summed E-state index contributed by atoms with van der Waals surface area (Å²) in [5.41, 5.74) is 5.32. The third-order valence-corrected chi connectivity index (χ3v) is 5.16. The fourth-order valence-electron chi connectivity index (χ4n) is 3.89. The number of hydrogen-bond acceptors (Lipinski definition) is 4. The summed E-state index contributed by atoms with van der Waals surface area (Å²) < 4.78 is 0. The molecule has 2 aliphatic rings. The smallest absolute Gasteiger partial charge is 0.149 e. The summed E-state index contributed by atoms with van der Waals surface area (Å²) in [6.45, 7) is 0. The number of amidine groups is 1. The van der Waals surface area contributed by atoms with Crippen LogP contribution in [0.3, 0.4) is 0 Å². The van der Waals surface area contributed by atoms with E-state index in [1.807, 2.05) is 54.9 Å². The Bertz CT molecular complexity index is 1120. The highest BCUT2D eigenvalue weighted by Crippen LogP contribution is 2.46. The quantitative estimate of drug-likeness (QED) is 0.782. The average Bonchev–Trinajstić information content (AvgIpc) is 3.43. The highest BCUT2D eigenvalue weighted by Gasteiger charge is 2.51. The number of aromatic nitrogens is 2. The molecule has 5 rings (SSSR count). The van der Waals surface area contributed by atoms with Gasteiger partial charge in [0.2, 0.25) is 0 Å². The lowest BCUT2D eigenvalue weighted by Crippen LogP contribution is -2.34. The van der Waals surface area contributed by atoms with E-state index in [0.29, 0.717) is 12.0 Å². The number of aliphatic imine (C=N–C) groups is 2. The Hall–Kier alpha value is -3.78. The Morgan fingerprint density at radius 3 is 2.48 bits per heavy atom. The number of nitriles is 1. The van der Waals surface area contributed by atoms with Crippen LogP contribution in [0, 0.1) is 11.3 Å². The van der Waals surface area contributed by atoms with Crippen LogP contribution >= 0.6 is 0 Å². The summed E-state index contributed by atoms with van der Waals surface area (Å²) >= 11 is 0. The fourth-order valence-corrected chi connectivity index (χ4v) is 3.89. The monoisotopic (exact) mass is 349 g/mol. The molecular weight excluding hydrogens is 334 g/mol.